The average Bonchev–Trinajstić information content (AvgIpc) is 2.84. The van der Waals surface area contributed by atoms with Crippen LogP contribution in [0.5, 0.6) is 0 Å². The minimum absolute atomic E-state index is 0.246. The number of nitrogens with zero attached hydrogens (tertiary/aromatic N) is 3. The van der Waals surface area contributed by atoms with Crippen molar-refractivity contribution in [1.29, 1.82) is 0 Å². The molecule has 0 spiro atoms. The Labute approximate surface area is 118 Å². The second kappa shape index (κ2) is 5.67. The number of anilines is 1. The zero-order chi connectivity index (χ0) is 15.6. The van der Waals surface area contributed by atoms with Crippen molar-refractivity contribution in [3.8, 4) is 0 Å². The number of hydrogen-bond donors (Lipinski definition) is 2. The van der Waals surface area contributed by atoms with Crippen LogP contribution >= 0.6 is 0 Å². The van der Waals surface area contributed by atoms with Crippen LogP contribution in [-0.2, 0) is 11.8 Å². The first-order chi connectivity index (χ1) is 9.88. The molecule has 0 radical (unpaired) electrons. The largest absolute Gasteiger partial charge is 0.319 e. The Balaban J connectivity index is 2.23. The summed E-state index contributed by atoms with van der Waals surface area (Å²) in [6, 6.07) is 1.71. The predicted octanol–water partition coefficient (Wildman–Crippen LogP) is 1.11. The zero-order valence-corrected chi connectivity index (χ0v) is 11.0. The Morgan fingerprint density at radius 3 is 2.86 bits per heavy atom. The third-order valence-electron chi connectivity index (χ3n) is 2.78. The number of nitrogens with one attached hydrogen (secondary N) is 1. The normalized spacial score (nSPS) is 12.0. The van der Waals surface area contributed by atoms with Crippen LogP contribution in [0.3, 0.4) is 0 Å². The monoisotopic (exact) mass is 293 g/mol. The Morgan fingerprint density at radius 2 is 2.29 bits per heavy atom. The zero-order valence-electron chi connectivity index (χ0n) is 11.0. The quantitative estimate of drug-likeness (QED) is 0.647. The van der Waals surface area contributed by atoms with Gasteiger partial charge in [0.1, 0.15) is 17.5 Å². The summed E-state index contributed by atoms with van der Waals surface area (Å²) in [6.45, 7) is 0. The summed E-state index contributed by atoms with van der Waals surface area (Å²) in [5.41, 5.74) is 5.51. The van der Waals surface area contributed by atoms with Gasteiger partial charge in [0, 0.05) is 30.9 Å². The molecule has 1 aromatic heterocycles. The van der Waals surface area contributed by atoms with Gasteiger partial charge in [-0.15, -0.1) is 0 Å². The minimum Gasteiger partial charge on any atom is -0.319 e. The van der Waals surface area contributed by atoms with E-state index in [2.05, 4.69) is 10.4 Å². The molecule has 1 heterocycles. The molecular weight excluding hydrogens is 281 g/mol. The number of amides is 1. The van der Waals surface area contributed by atoms with Gasteiger partial charge in [0.2, 0.25) is 5.91 Å². The van der Waals surface area contributed by atoms with Crippen LogP contribution in [0.4, 0.5) is 15.8 Å². The molecule has 0 fully saturated rings. The van der Waals surface area contributed by atoms with Crippen LogP contribution in [0.15, 0.2) is 30.6 Å². The fraction of sp³-hybridized carbons (Fsp3) is 0.167. The van der Waals surface area contributed by atoms with Crippen LogP contribution in [0.25, 0.3) is 0 Å². The van der Waals surface area contributed by atoms with Crippen LogP contribution in [-0.4, -0.2) is 20.6 Å². The maximum atomic E-state index is 13.2. The van der Waals surface area contributed by atoms with Crippen molar-refractivity contribution in [1.82, 2.24) is 9.78 Å². The van der Waals surface area contributed by atoms with Gasteiger partial charge in [-0.2, -0.15) is 5.10 Å². The van der Waals surface area contributed by atoms with E-state index in [0.29, 0.717) is 5.56 Å². The molecule has 0 aliphatic heterocycles. The lowest BCUT2D eigenvalue weighted by molar-refractivity contribution is -0.384. The maximum Gasteiger partial charge on any atom is 0.292 e. The topological polar surface area (TPSA) is 116 Å². The fourth-order valence-corrected chi connectivity index (χ4v) is 1.73. The summed E-state index contributed by atoms with van der Waals surface area (Å²) in [4.78, 5) is 22.1. The van der Waals surface area contributed by atoms with E-state index in [1.165, 1.54) is 10.9 Å². The highest BCUT2D eigenvalue weighted by Gasteiger charge is 2.22. The van der Waals surface area contributed by atoms with E-state index in [4.69, 9.17) is 5.73 Å². The SMILES string of the molecule is Cn1cc(C(N)C(=O)Nc2cc(F)ccc2[N+](=O)[O-])cn1. The summed E-state index contributed by atoms with van der Waals surface area (Å²) in [7, 11) is 1.66. The van der Waals surface area contributed by atoms with Crippen molar-refractivity contribution in [2.75, 3.05) is 5.32 Å². The first-order valence-electron chi connectivity index (χ1n) is 5.87. The Morgan fingerprint density at radius 1 is 1.57 bits per heavy atom. The molecule has 9 heteroatoms. The van der Waals surface area contributed by atoms with E-state index < -0.39 is 28.4 Å². The van der Waals surface area contributed by atoms with E-state index in [0.717, 1.165) is 18.2 Å². The molecule has 21 heavy (non-hydrogen) atoms. The fourth-order valence-electron chi connectivity index (χ4n) is 1.73. The lowest BCUT2D eigenvalue weighted by Gasteiger charge is -2.10. The van der Waals surface area contributed by atoms with E-state index >= 15 is 0 Å². The Bertz CT molecular complexity index is 700. The van der Waals surface area contributed by atoms with Crippen LogP contribution < -0.4 is 11.1 Å². The van der Waals surface area contributed by atoms with Crippen molar-refractivity contribution in [3.05, 3.63) is 52.1 Å². The molecule has 110 valence electrons. The van der Waals surface area contributed by atoms with Gasteiger partial charge in [-0.25, -0.2) is 4.39 Å². The molecular formula is C12H12FN5O3. The van der Waals surface area contributed by atoms with Gasteiger partial charge in [-0.3, -0.25) is 19.6 Å². The van der Waals surface area contributed by atoms with Gasteiger partial charge in [-0.1, -0.05) is 0 Å². The maximum absolute atomic E-state index is 13.2. The predicted molar refractivity (Wildman–Crippen MR) is 71.8 cm³/mol. The molecule has 1 aromatic carbocycles. The van der Waals surface area contributed by atoms with Crippen molar-refractivity contribution in [2.24, 2.45) is 12.8 Å². The van der Waals surface area contributed by atoms with E-state index in [1.54, 1.807) is 13.2 Å². The standard InChI is InChI=1S/C12H12FN5O3/c1-17-6-7(5-15-17)11(14)12(19)16-9-4-8(13)2-3-10(9)18(20)21/h2-6,11H,14H2,1H3,(H,16,19). The summed E-state index contributed by atoms with van der Waals surface area (Å²) < 4.78 is 14.6. The average molecular weight is 293 g/mol. The Hall–Kier alpha value is -2.81. The molecule has 0 saturated carbocycles. The van der Waals surface area contributed by atoms with Crippen LogP contribution in [0.2, 0.25) is 0 Å². The number of carbonyl (C=O) groups is 1. The van der Waals surface area contributed by atoms with E-state index in [1.807, 2.05) is 0 Å². The van der Waals surface area contributed by atoms with Crippen molar-refractivity contribution in [2.45, 2.75) is 6.04 Å². The second-order valence-corrected chi connectivity index (χ2v) is 4.33. The summed E-state index contributed by atoms with van der Waals surface area (Å²) >= 11 is 0. The highest BCUT2D eigenvalue weighted by atomic mass is 19.1. The molecule has 0 saturated heterocycles. The number of nitro benzene ring substituents is 1. The molecule has 2 rings (SSSR count). The van der Waals surface area contributed by atoms with Crippen LogP contribution in [0.1, 0.15) is 11.6 Å². The van der Waals surface area contributed by atoms with Crippen molar-refractivity contribution >= 4 is 17.3 Å². The van der Waals surface area contributed by atoms with Gasteiger partial charge in [0.15, 0.2) is 0 Å². The molecule has 0 aliphatic carbocycles. The minimum atomic E-state index is -1.07. The first kappa shape index (κ1) is 14.6. The van der Waals surface area contributed by atoms with Gasteiger partial charge in [0.05, 0.1) is 11.1 Å². The number of rotatable bonds is 4. The number of benzene rings is 1. The molecule has 1 unspecified atom stereocenters. The van der Waals surface area contributed by atoms with Crippen molar-refractivity contribution < 1.29 is 14.1 Å². The van der Waals surface area contributed by atoms with E-state index in [-0.39, 0.29) is 5.69 Å². The molecule has 1 atom stereocenters. The van der Waals surface area contributed by atoms with Crippen LogP contribution in [0, 0.1) is 15.9 Å². The number of halogens is 1. The molecule has 0 aliphatic rings. The van der Waals surface area contributed by atoms with Gasteiger partial charge < -0.3 is 11.1 Å². The number of nitro groups is 1. The van der Waals surface area contributed by atoms with Crippen molar-refractivity contribution in [3.63, 3.8) is 0 Å². The molecule has 0 bridgehead atoms. The van der Waals surface area contributed by atoms with Gasteiger partial charge >= 0.3 is 0 Å². The Kier molecular flexibility index (Phi) is 3.94. The van der Waals surface area contributed by atoms with E-state index in [9.17, 15) is 19.3 Å². The lowest BCUT2D eigenvalue weighted by Crippen LogP contribution is -2.27. The highest BCUT2D eigenvalue weighted by molar-refractivity contribution is 5.97. The number of aryl methyl sites for hydroxylation is 1. The second-order valence-electron chi connectivity index (χ2n) is 4.33. The first-order valence-corrected chi connectivity index (χ1v) is 5.87. The highest BCUT2D eigenvalue weighted by Crippen LogP contribution is 2.25. The molecule has 1 amide bonds. The van der Waals surface area contributed by atoms with Gasteiger partial charge in [0.25, 0.3) is 5.69 Å². The number of nitrogens with two attached hydrogens (primary N) is 1. The smallest absolute Gasteiger partial charge is 0.292 e. The summed E-state index contributed by atoms with van der Waals surface area (Å²) in [5.74, 6) is -1.40. The third-order valence-corrected chi connectivity index (χ3v) is 2.78. The molecule has 8 nitrogen and oxygen atoms in total. The number of aromatic nitrogens is 2. The summed E-state index contributed by atoms with van der Waals surface area (Å²) in [6.07, 6.45) is 2.95. The lowest BCUT2D eigenvalue weighted by atomic mass is 10.1. The number of carbonyl (C=O) groups excluding carboxylic acids is 1. The molecule has 3 N–H and O–H groups in total. The van der Waals surface area contributed by atoms with Gasteiger partial charge in [-0.05, 0) is 6.07 Å². The number of hydrogen-bond acceptors (Lipinski definition) is 5. The summed E-state index contributed by atoms with van der Waals surface area (Å²) in [5, 5.41) is 17.0. The third kappa shape index (κ3) is 3.20. The molecule has 2 aromatic rings.